The highest BCUT2D eigenvalue weighted by molar-refractivity contribution is 7.99. The van der Waals surface area contributed by atoms with E-state index < -0.39 is 0 Å². The monoisotopic (exact) mass is 373 g/mol. The van der Waals surface area contributed by atoms with Crippen LogP contribution in [0, 0.1) is 0 Å². The number of nitrogens with zero attached hydrogens (tertiary/aromatic N) is 2. The Hall–Kier alpha value is -2.15. The molecule has 0 spiro atoms. The highest BCUT2D eigenvalue weighted by Gasteiger charge is 2.24. The number of amides is 1. The summed E-state index contributed by atoms with van der Waals surface area (Å²) >= 11 is 1.69. The molecular formula is C19H23N3O3S. The van der Waals surface area contributed by atoms with Crippen molar-refractivity contribution in [3.05, 3.63) is 36.4 Å². The van der Waals surface area contributed by atoms with E-state index in [9.17, 15) is 4.79 Å². The van der Waals surface area contributed by atoms with Gasteiger partial charge in [0.05, 0.1) is 0 Å². The van der Waals surface area contributed by atoms with Gasteiger partial charge in [0.25, 0.3) is 0 Å². The Morgan fingerprint density at radius 3 is 2.81 bits per heavy atom. The first kappa shape index (κ1) is 17.3. The number of thioether (sulfide) groups is 1. The van der Waals surface area contributed by atoms with Gasteiger partial charge in [-0.1, -0.05) is 0 Å². The topological polar surface area (TPSA) is 67.5 Å². The number of hydrogen-bond donors (Lipinski definition) is 1. The van der Waals surface area contributed by atoms with Crippen molar-refractivity contribution in [2.45, 2.75) is 30.1 Å². The number of ether oxygens (including phenoxy) is 2. The highest BCUT2D eigenvalue weighted by Crippen LogP contribution is 2.34. The van der Waals surface area contributed by atoms with Crippen LogP contribution in [0.15, 0.2) is 35.5 Å². The number of nitrogens with one attached hydrogen (secondary N) is 1. The molecule has 26 heavy (non-hydrogen) atoms. The summed E-state index contributed by atoms with van der Waals surface area (Å²) in [5, 5.41) is 0. The lowest BCUT2D eigenvalue weighted by molar-refractivity contribution is -0.131. The van der Waals surface area contributed by atoms with Crippen molar-refractivity contribution in [2.75, 3.05) is 32.1 Å². The lowest BCUT2D eigenvalue weighted by atomic mass is 9.96. The van der Waals surface area contributed by atoms with Crippen LogP contribution >= 0.6 is 11.8 Å². The van der Waals surface area contributed by atoms with Gasteiger partial charge in [-0.3, -0.25) is 4.79 Å². The van der Waals surface area contributed by atoms with Crippen LogP contribution < -0.4 is 9.47 Å². The highest BCUT2D eigenvalue weighted by atomic mass is 32.2. The average Bonchev–Trinajstić information content (AvgIpc) is 3.23. The van der Waals surface area contributed by atoms with Gasteiger partial charge in [-0.2, -0.15) is 0 Å². The predicted molar refractivity (Wildman–Crippen MR) is 99.9 cm³/mol. The molecule has 0 unspecified atom stereocenters. The van der Waals surface area contributed by atoms with Gasteiger partial charge in [-0.25, -0.2) is 4.98 Å². The molecule has 3 heterocycles. The molecule has 1 fully saturated rings. The molecular weight excluding hydrogens is 350 g/mol. The molecule has 1 aromatic heterocycles. The van der Waals surface area contributed by atoms with Crippen molar-refractivity contribution in [2.24, 2.45) is 0 Å². The molecule has 2 aromatic rings. The second-order valence-electron chi connectivity index (χ2n) is 6.53. The number of carbonyl (C=O) groups excluding carboxylic acids is 1. The lowest BCUT2D eigenvalue weighted by Gasteiger charge is -2.31. The molecule has 0 saturated carbocycles. The zero-order valence-electron chi connectivity index (χ0n) is 14.6. The fraction of sp³-hybridized carbons (Fsp3) is 0.474. The number of rotatable bonds is 5. The van der Waals surface area contributed by atoms with E-state index in [4.69, 9.17) is 9.47 Å². The Morgan fingerprint density at radius 1 is 1.23 bits per heavy atom. The molecule has 4 rings (SSSR count). The van der Waals surface area contributed by atoms with Gasteiger partial charge in [0.15, 0.2) is 11.5 Å². The zero-order chi connectivity index (χ0) is 17.8. The summed E-state index contributed by atoms with van der Waals surface area (Å²) in [6.07, 6.45) is 6.18. The van der Waals surface area contributed by atoms with Crippen LogP contribution in [0.25, 0.3) is 0 Å². The number of piperidine rings is 1. The smallest absolute Gasteiger partial charge is 0.223 e. The summed E-state index contributed by atoms with van der Waals surface area (Å²) in [5.74, 6) is 4.11. The van der Waals surface area contributed by atoms with E-state index in [2.05, 4.69) is 9.97 Å². The maximum absolute atomic E-state index is 12.5. The van der Waals surface area contributed by atoms with Gasteiger partial charge >= 0.3 is 0 Å². The number of benzene rings is 1. The summed E-state index contributed by atoms with van der Waals surface area (Å²) in [5.41, 5.74) is 0. The fourth-order valence-electron chi connectivity index (χ4n) is 3.43. The Morgan fingerprint density at radius 2 is 2.04 bits per heavy atom. The third-order valence-electron chi connectivity index (χ3n) is 4.85. The minimum absolute atomic E-state index is 0.243. The maximum Gasteiger partial charge on any atom is 0.223 e. The van der Waals surface area contributed by atoms with Crippen LogP contribution in [0.2, 0.25) is 0 Å². The van der Waals surface area contributed by atoms with E-state index in [0.29, 0.717) is 25.6 Å². The standard InChI is InChI=1S/C19H23N3O3S/c23-18(22-8-3-14(4-9-22)19-20-6-7-21-19)5-12-26-15-1-2-16-17(13-15)25-11-10-24-16/h1-2,6-7,13-14H,3-5,8-12H2,(H,20,21). The van der Waals surface area contributed by atoms with Crippen LogP contribution in [0.3, 0.4) is 0 Å². The zero-order valence-corrected chi connectivity index (χ0v) is 15.5. The SMILES string of the molecule is O=C(CCSc1ccc2c(c1)OCCO2)N1CCC(c2ncc[nH]2)CC1. The van der Waals surface area contributed by atoms with Gasteiger partial charge in [-0.05, 0) is 31.0 Å². The molecule has 2 aliphatic rings. The molecule has 7 heteroatoms. The number of hydrogen-bond acceptors (Lipinski definition) is 5. The first-order valence-corrected chi connectivity index (χ1v) is 10.1. The molecule has 138 valence electrons. The predicted octanol–water partition coefficient (Wildman–Crippen LogP) is 3.07. The van der Waals surface area contributed by atoms with Crippen LogP contribution in [0.5, 0.6) is 11.5 Å². The van der Waals surface area contributed by atoms with Gasteiger partial charge in [0, 0.05) is 48.5 Å². The van der Waals surface area contributed by atoms with Gasteiger partial charge in [-0.15, -0.1) is 11.8 Å². The van der Waals surface area contributed by atoms with Gasteiger partial charge in [0.1, 0.15) is 19.0 Å². The average molecular weight is 373 g/mol. The van der Waals surface area contributed by atoms with Gasteiger partial charge < -0.3 is 19.4 Å². The molecule has 1 aromatic carbocycles. The number of aromatic nitrogens is 2. The second kappa shape index (κ2) is 8.03. The number of fused-ring (bicyclic) bond motifs is 1. The molecule has 1 saturated heterocycles. The van der Waals surface area contributed by atoms with Crippen LogP contribution in [-0.4, -0.2) is 52.8 Å². The normalized spacial score (nSPS) is 17.3. The molecule has 6 nitrogen and oxygen atoms in total. The van der Waals surface area contributed by atoms with Crippen molar-refractivity contribution in [3.63, 3.8) is 0 Å². The van der Waals surface area contributed by atoms with Crippen LogP contribution in [0.4, 0.5) is 0 Å². The second-order valence-corrected chi connectivity index (χ2v) is 7.70. The molecule has 2 aliphatic heterocycles. The van der Waals surface area contributed by atoms with Crippen LogP contribution in [-0.2, 0) is 4.79 Å². The Labute approximate surface area is 157 Å². The van der Waals surface area contributed by atoms with E-state index in [-0.39, 0.29) is 5.91 Å². The third kappa shape index (κ3) is 3.98. The summed E-state index contributed by atoms with van der Waals surface area (Å²) in [4.78, 5) is 23.1. The van der Waals surface area contributed by atoms with Gasteiger partial charge in [0.2, 0.25) is 5.91 Å². The quantitative estimate of drug-likeness (QED) is 0.816. The fourth-order valence-corrected chi connectivity index (χ4v) is 4.30. The molecule has 0 bridgehead atoms. The summed E-state index contributed by atoms with van der Waals surface area (Å²) < 4.78 is 11.1. The third-order valence-corrected chi connectivity index (χ3v) is 5.85. The number of imidazole rings is 1. The van der Waals surface area contributed by atoms with Crippen molar-refractivity contribution in [1.82, 2.24) is 14.9 Å². The maximum atomic E-state index is 12.5. The first-order valence-electron chi connectivity index (χ1n) is 9.09. The van der Waals surface area contributed by atoms with Crippen molar-refractivity contribution in [3.8, 4) is 11.5 Å². The molecule has 0 atom stereocenters. The number of carbonyl (C=O) groups is 1. The Kier molecular flexibility index (Phi) is 5.34. The van der Waals surface area contributed by atoms with Crippen molar-refractivity contribution in [1.29, 1.82) is 0 Å². The van der Waals surface area contributed by atoms with Crippen molar-refractivity contribution >= 4 is 17.7 Å². The lowest BCUT2D eigenvalue weighted by Crippen LogP contribution is -2.38. The van der Waals surface area contributed by atoms with E-state index in [1.54, 1.807) is 18.0 Å². The van der Waals surface area contributed by atoms with E-state index in [1.165, 1.54) is 0 Å². The van der Waals surface area contributed by atoms with Crippen molar-refractivity contribution < 1.29 is 14.3 Å². The minimum atomic E-state index is 0.243. The number of aromatic amines is 1. The van der Waals surface area contributed by atoms with E-state index in [1.807, 2.05) is 29.3 Å². The minimum Gasteiger partial charge on any atom is -0.486 e. The summed E-state index contributed by atoms with van der Waals surface area (Å²) in [7, 11) is 0. The number of likely N-dealkylation sites (tertiary alicyclic amines) is 1. The van der Waals surface area contributed by atoms with E-state index >= 15 is 0 Å². The first-order chi connectivity index (χ1) is 12.8. The molecule has 1 amide bonds. The Bertz CT molecular complexity index is 742. The van der Waals surface area contributed by atoms with Crippen LogP contribution in [0.1, 0.15) is 31.0 Å². The summed E-state index contributed by atoms with van der Waals surface area (Å²) in [6.45, 7) is 2.83. The molecule has 0 radical (unpaired) electrons. The molecule has 0 aliphatic carbocycles. The molecule has 1 N–H and O–H groups in total. The van der Waals surface area contributed by atoms with E-state index in [0.717, 1.165) is 53.9 Å². The Balaban J connectivity index is 1.22. The summed E-state index contributed by atoms with van der Waals surface area (Å²) in [6, 6.07) is 5.97. The largest absolute Gasteiger partial charge is 0.486 e. The number of H-pyrrole nitrogens is 1.